The van der Waals surface area contributed by atoms with Gasteiger partial charge in [-0.1, -0.05) is 6.42 Å². The second-order valence-electron chi connectivity index (χ2n) is 6.96. The Kier molecular flexibility index (Phi) is 4.45. The number of hydrogen-bond acceptors (Lipinski definition) is 3. The van der Waals surface area contributed by atoms with Crippen LogP contribution < -0.4 is 5.32 Å². The van der Waals surface area contributed by atoms with E-state index in [1.807, 2.05) is 0 Å². The first-order valence-electron chi connectivity index (χ1n) is 8.37. The Hall–Kier alpha value is -0.120. The number of nitrogens with zero attached hydrogens (tertiary/aromatic N) is 1. The van der Waals surface area contributed by atoms with Crippen LogP contribution in [0.25, 0.3) is 0 Å². The number of hydrogen-bond donors (Lipinski definition) is 1. The smallest absolute Gasteiger partial charge is 0.0565 e. The van der Waals surface area contributed by atoms with Gasteiger partial charge in [0.05, 0.1) is 12.2 Å². The Labute approximate surface area is 118 Å². The van der Waals surface area contributed by atoms with Gasteiger partial charge in [0.2, 0.25) is 0 Å². The molecule has 19 heavy (non-hydrogen) atoms. The third kappa shape index (κ3) is 3.71. The molecule has 0 bridgehead atoms. The van der Waals surface area contributed by atoms with Crippen molar-refractivity contribution in [3.05, 3.63) is 0 Å². The Morgan fingerprint density at radius 1 is 1.00 bits per heavy atom. The molecule has 2 saturated heterocycles. The minimum absolute atomic E-state index is 0.439. The summed E-state index contributed by atoms with van der Waals surface area (Å²) in [7, 11) is 0. The fraction of sp³-hybridized carbons (Fsp3) is 1.00. The van der Waals surface area contributed by atoms with Gasteiger partial charge in [0.1, 0.15) is 0 Å². The summed E-state index contributed by atoms with van der Waals surface area (Å²) in [6.45, 7) is 6.98. The average molecular weight is 266 g/mol. The molecule has 3 fully saturated rings. The van der Waals surface area contributed by atoms with E-state index >= 15 is 0 Å². The van der Waals surface area contributed by atoms with Crippen LogP contribution in [-0.2, 0) is 4.74 Å². The number of ether oxygens (including phenoxy) is 1. The zero-order valence-corrected chi connectivity index (χ0v) is 12.6. The van der Waals surface area contributed by atoms with Gasteiger partial charge in [-0.2, -0.15) is 0 Å². The normalized spacial score (nSPS) is 40.6. The van der Waals surface area contributed by atoms with Gasteiger partial charge >= 0.3 is 0 Å². The second kappa shape index (κ2) is 6.11. The molecule has 1 saturated carbocycles. The summed E-state index contributed by atoms with van der Waals surface area (Å²) in [6, 6.07) is 2.38. The molecule has 0 spiro atoms. The van der Waals surface area contributed by atoms with Crippen LogP contribution in [0.15, 0.2) is 0 Å². The molecule has 3 atom stereocenters. The van der Waals surface area contributed by atoms with Gasteiger partial charge in [0.25, 0.3) is 0 Å². The zero-order chi connectivity index (χ0) is 13.2. The second-order valence-corrected chi connectivity index (χ2v) is 6.96. The molecule has 0 amide bonds. The van der Waals surface area contributed by atoms with E-state index in [0.29, 0.717) is 12.2 Å². The minimum atomic E-state index is 0.439. The number of piperidine rings is 1. The van der Waals surface area contributed by atoms with Crippen molar-refractivity contribution >= 4 is 0 Å². The van der Waals surface area contributed by atoms with E-state index in [2.05, 4.69) is 24.1 Å². The molecule has 2 aliphatic heterocycles. The molecule has 1 aliphatic carbocycles. The lowest BCUT2D eigenvalue weighted by atomic mass is 9.96. The fourth-order valence-electron chi connectivity index (χ4n) is 3.98. The molecule has 1 N–H and O–H groups in total. The maximum atomic E-state index is 5.91. The molecular formula is C16H30N2O. The van der Waals surface area contributed by atoms with Gasteiger partial charge in [0, 0.05) is 24.7 Å². The average Bonchev–Trinajstić information content (AvgIpc) is 3.20. The SMILES string of the molecule is CC1CC(N(CC2CCCCN2)C2CC2)CC(C)O1. The standard InChI is InChI=1S/C16H30N2O/c1-12-9-16(10-13(2)19-12)18(15-6-7-15)11-14-5-3-4-8-17-14/h12-17H,3-11H2,1-2H3. The van der Waals surface area contributed by atoms with Gasteiger partial charge in [-0.15, -0.1) is 0 Å². The highest BCUT2D eigenvalue weighted by Gasteiger charge is 2.38. The summed E-state index contributed by atoms with van der Waals surface area (Å²) < 4.78 is 5.91. The van der Waals surface area contributed by atoms with Crippen molar-refractivity contribution < 1.29 is 4.74 Å². The van der Waals surface area contributed by atoms with Crippen molar-refractivity contribution in [1.29, 1.82) is 0 Å². The van der Waals surface area contributed by atoms with E-state index in [0.717, 1.165) is 18.1 Å². The molecule has 0 aromatic carbocycles. The monoisotopic (exact) mass is 266 g/mol. The highest BCUT2D eigenvalue weighted by atomic mass is 16.5. The van der Waals surface area contributed by atoms with E-state index in [9.17, 15) is 0 Å². The highest BCUT2D eigenvalue weighted by molar-refractivity contribution is 4.94. The maximum absolute atomic E-state index is 5.91. The maximum Gasteiger partial charge on any atom is 0.0565 e. The Bertz CT molecular complexity index is 276. The largest absolute Gasteiger partial charge is 0.375 e. The molecule has 2 heterocycles. The van der Waals surface area contributed by atoms with Crippen LogP contribution >= 0.6 is 0 Å². The summed E-state index contributed by atoms with van der Waals surface area (Å²) in [5.74, 6) is 0. The van der Waals surface area contributed by atoms with E-state index in [1.54, 1.807) is 0 Å². The van der Waals surface area contributed by atoms with E-state index in [1.165, 1.54) is 58.0 Å². The van der Waals surface area contributed by atoms with Crippen molar-refractivity contribution in [3.63, 3.8) is 0 Å². The van der Waals surface area contributed by atoms with Crippen LogP contribution in [-0.4, -0.2) is 48.3 Å². The van der Waals surface area contributed by atoms with Gasteiger partial charge in [-0.05, 0) is 58.9 Å². The fourth-order valence-corrected chi connectivity index (χ4v) is 3.98. The molecule has 0 aromatic rings. The van der Waals surface area contributed by atoms with Crippen molar-refractivity contribution in [2.24, 2.45) is 0 Å². The van der Waals surface area contributed by atoms with Gasteiger partial charge in [-0.3, -0.25) is 4.90 Å². The van der Waals surface area contributed by atoms with Crippen LogP contribution in [0.1, 0.15) is 58.8 Å². The van der Waals surface area contributed by atoms with Crippen molar-refractivity contribution in [2.75, 3.05) is 13.1 Å². The summed E-state index contributed by atoms with van der Waals surface area (Å²) in [5, 5.41) is 3.72. The predicted molar refractivity (Wildman–Crippen MR) is 78.4 cm³/mol. The third-order valence-electron chi connectivity index (χ3n) is 5.00. The van der Waals surface area contributed by atoms with Crippen LogP contribution in [0.4, 0.5) is 0 Å². The zero-order valence-electron chi connectivity index (χ0n) is 12.6. The van der Waals surface area contributed by atoms with Crippen LogP contribution in [0, 0.1) is 0 Å². The van der Waals surface area contributed by atoms with Gasteiger partial charge in [-0.25, -0.2) is 0 Å². The lowest BCUT2D eigenvalue weighted by Gasteiger charge is -2.41. The first kappa shape index (κ1) is 13.8. The summed E-state index contributed by atoms with van der Waals surface area (Å²) in [6.07, 6.45) is 10.3. The molecular weight excluding hydrogens is 236 g/mol. The van der Waals surface area contributed by atoms with Crippen molar-refractivity contribution in [3.8, 4) is 0 Å². The number of nitrogens with one attached hydrogen (secondary N) is 1. The number of rotatable bonds is 4. The summed E-state index contributed by atoms with van der Waals surface area (Å²) >= 11 is 0. The lowest BCUT2D eigenvalue weighted by Crippen LogP contribution is -2.51. The van der Waals surface area contributed by atoms with Gasteiger partial charge < -0.3 is 10.1 Å². The quantitative estimate of drug-likeness (QED) is 0.846. The topological polar surface area (TPSA) is 24.5 Å². The van der Waals surface area contributed by atoms with Crippen molar-refractivity contribution in [2.45, 2.75) is 89.1 Å². The molecule has 0 radical (unpaired) electrons. The molecule has 3 aliphatic rings. The van der Waals surface area contributed by atoms with Crippen LogP contribution in [0.5, 0.6) is 0 Å². The van der Waals surface area contributed by atoms with Gasteiger partial charge in [0.15, 0.2) is 0 Å². The Morgan fingerprint density at radius 3 is 2.32 bits per heavy atom. The van der Waals surface area contributed by atoms with E-state index < -0.39 is 0 Å². The first-order valence-corrected chi connectivity index (χ1v) is 8.37. The highest BCUT2D eigenvalue weighted by Crippen LogP contribution is 2.34. The Morgan fingerprint density at radius 2 is 1.74 bits per heavy atom. The third-order valence-corrected chi connectivity index (χ3v) is 5.00. The Balaban J connectivity index is 1.59. The molecule has 3 rings (SSSR count). The lowest BCUT2D eigenvalue weighted by molar-refractivity contribution is -0.0682. The molecule has 3 unspecified atom stereocenters. The first-order chi connectivity index (χ1) is 9.22. The van der Waals surface area contributed by atoms with Crippen LogP contribution in [0.2, 0.25) is 0 Å². The van der Waals surface area contributed by atoms with E-state index in [4.69, 9.17) is 4.74 Å². The molecule has 110 valence electrons. The predicted octanol–water partition coefficient (Wildman–Crippen LogP) is 2.55. The molecule has 3 nitrogen and oxygen atoms in total. The molecule has 0 aromatic heterocycles. The summed E-state index contributed by atoms with van der Waals surface area (Å²) in [4.78, 5) is 2.83. The molecule has 3 heteroatoms. The van der Waals surface area contributed by atoms with E-state index in [-0.39, 0.29) is 0 Å². The minimum Gasteiger partial charge on any atom is -0.375 e. The summed E-state index contributed by atoms with van der Waals surface area (Å²) in [5.41, 5.74) is 0. The van der Waals surface area contributed by atoms with Crippen LogP contribution in [0.3, 0.4) is 0 Å². The van der Waals surface area contributed by atoms with Crippen molar-refractivity contribution in [1.82, 2.24) is 10.2 Å².